The molecule has 0 aromatic carbocycles. The van der Waals surface area contributed by atoms with Crippen molar-refractivity contribution in [3.63, 3.8) is 0 Å². The lowest BCUT2D eigenvalue weighted by Crippen LogP contribution is -2.52. The van der Waals surface area contributed by atoms with Gasteiger partial charge < -0.3 is 11.1 Å². The number of nitrogens with zero attached hydrogens (tertiary/aromatic N) is 1. The highest BCUT2D eigenvalue weighted by Crippen LogP contribution is 2.21. The average Bonchev–Trinajstić information content (AvgIpc) is 2.45. The number of halogens is 1. The van der Waals surface area contributed by atoms with Crippen LogP contribution in [0.3, 0.4) is 0 Å². The second-order valence-electron chi connectivity index (χ2n) is 7.30. The summed E-state index contributed by atoms with van der Waals surface area (Å²) in [5, 5.41) is 2.91. The lowest BCUT2D eigenvalue weighted by molar-refractivity contribution is -0.122. The largest absolute Gasteiger partial charge is 0.353 e. The van der Waals surface area contributed by atoms with Crippen LogP contribution in [0.1, 0.15) is 40.0 Å². The molecule has 1 heterocycles. The number of sulfone groups is 1. The molecule has 0 saturated carbocycles. The molecule has 0 radical (unpaired) electrons. The molecular weight excluding hydrogens is 350 g/mol. The number of rotatable bonds is 8. The molecule has 144 valence electrons. The summed E-state index contributed by atoms with van der Waals surface area (Å²) >= 11 is 0. The molecule has 1 saturated heterocycles. The summed E-state index contributed by atoms with van der Waals surface area (Å²) in [4.78, 5) is 14.5. The van der Waals surface area contributed by atoms with Crippen LogP contribution in [0.2, 0.25) is 0 Å². The van der Waals surface area contributed by atoms with Crippen LogP contribution in [0.25, 0.3) is 0 Å². The summed E-state index contributed by atoms with van der Waals surface area (Å²) in [7, 11) is -3.09. The summed E-state index contributed by atoms with van der Waals surface area (Å²) in [6.45, 7) is 9.32. The van der Waals surface area contributed by atoms with Gasteiger partial charge in [-0.15, -0.1) is 12.4 Å². The third kappa shape index (κ3) is 8.65. The van der Waals surface area contributed by atoms with E-state index in [1.807, 2.05) is 0 Å². The van der Waals surface area contributed by atoms with E-state index in [-0.39, 0.29) is 30.5 Å². The Kier molecular flexibility index (Phi) is 10.4. The van der Waals surface area contributed by atoms with Crippen molar-refractivity contribution in [2.45, 2.75) is 52.1 Å². The standard InChI is InChI=1S/C16H33N3O3S.ClH/c1-12(2)15(19-8-5-13(3)6-9-19)11-18-16(20)14(17)7-10-23(4,21)22;/h12-15H,5-11,17H2,1-4H3,(H,18,20);1H. The quantitative estimate of drug-likeness (QED) is 0.653. The first kappa shape index (κ1) is 23.6. The maximum atomic E-state index is 12.1. The Bertz CT molecular complexity index is 477. The smallest absolute Gasteiger partial charge is 0.237 e. The van der Waals surface area contributed by atoms with Gasteiger partial charge in [-0.05, 0) is 44.2 Å². The van der Waals surface area contributed by atoms with E-state index >= 15 is 0 Å². The number of amides is 1. The van der Waals surface area contributed by atoms with Crippen LogP contribution in [0.15, 0.2) is 0 Å². The van der Waals surface area contributed by atoms with Crippen molar-refractivity contribution in [3.8, 4) is 0 Å². The minimum absolute atomic E-state index is 0. The van der Waals surface area contributed by atoms with E-state index in [0.717, 1.165) is 25.3 Å². The van der Waals surface area contributed by atoms with Crippen molar-refractivity contribution in [1.82, 2.24) is 10.2 Å². The second kappa shape index (κ2) is 10.6. The van der Waals surface area contributed by atoms with E-state index in [0.29, 0.717) is 18.5 Å². The fraction of sp³-hybridized carbons (Fsp3) is 0.938. The number of nitrogens with two attached hydrogens (primary N) is 1. The van der Waals surface area contributed by atoms with Crippen molar-refractivity contribution in [2.24, 2.45) is 17.6 Å². The first-order chi connectivity index (χ1) is 10.6. The van der Waals surface area contributed by atoms with Crippen LogP contribution >= 0.6 is 12.4 Å². The minimum atomic E-state index is -3.09. The van der Waals surface area contributed by atoms with Gasteiger partial charge in [0.2, 0.25) is 5.91 Å². The molecule has 1 amide bonds. The first-order valence-corrected chi connectivity index (χ1v) is 10.6. The van der Waals surface area contributed by atoms with E-state index in [2.05, 4.69) is 31.0 Å². The molecule has 1 rings (SSSR count). The van der Waals surface area contributed by atoms with Crippen molar-refractivity contribution in [2.75, 3.05) is 31.6 Å². The summed E-state index contributed by atoms with van der Waals surface area (Å²) in [6, 6.07) is -0.465. The molecule has 1 fully saturated rings. The summed E-state index contributed by atoms with van der Waals surface area (Å²) in [6.07, 6.45) is 3.72. The zero-order chi connectivity index (χ0) is 17.6. The number of piperidine rings is 1. The molecule has 8 heteroatoms. The summed E-state index contributed by atoms with van der Waals surface area (Å²) in [5.41, 5.74) is 5.79. The average molecular weight is 384 g/mol. The normalized spacial score (nSPS) is 19.6. The third-order valence-electron chi connectivity index (χ3n) is 4.68. The lowest BCUT2D eigenvalue weighted by Gasteiger charge is -2.39. The van der Waals surface area contributed by atoms with Crippen LogP contribution in [0.4, 0.5) is 0 Å². The van der Waals surface area contributed by atoms with E-state index in [4.69, 9.17) is 5.73 Å². The molecule has 1 aliphatic rings. The molecule has 0 aromatic rings. The molecule has 0 aromatic heterocycles. The molecule has 2 unspecified atom stereocenters. The van der Waals surface area contributed by atoms with Gasteiger partial charge in [0.05, 0.1) is 11.8 Å². The van der Waals surface area contributed by atoms with Gasteiger partial charge in [-0.1, -0.05) is 20.8 Å². The van der Waals surface area contributed by atoms with Gasteiger partial charge in [-0.25, -0.2) is 8.42 Å². The number of carbonyl (C=O) groups excluding carboxylic acids is 1. The van der Waals surface area contributed by atoms with Gasteiger partial charge in [-0.2, -0.15) is 0 Å². The van der Waals surface area contributed by atoms with Gasteiger partial charge in [0.1, 0.15) is 9.84 Å². The highest BCUT2D eigenvalue weighted by Gasteiger charge is 2.26. The van der Waals surface area contributed by atoms with Crippen LogP contribution in [0.5, 0.6) is 0 Å². The van der Waals surface area contributed by atoms with Gasteiger partial charge >= 0.3 is 0 Å². The fourth-order valence-electron chi connectivity index (χ4n) is 2.96. The Morgan fingerprint density at radius 2 is 1.83 bits per heavy atom. The Morgan fingerprint density at radius 1 is 1.29 bits per heavy atom. The van der Waals surface area contributed by atoms with Crippen LogP contribution in [-0.4, -0.2) is 63.0 Å². The molecule has 1 aliphatic heterocycles. The Balaban J connectivity index is 0.00000529. The van der Waals surface area contributed by atoms with Crippen molar-refractivity contribution in [3.05, 3.63) is 0 Å². The monoisotopic (exact) mass is 383 g/mol. The molecule has 0 bridgehead atoms. The Labute approximate surface area is 153 Å². The number of hydrogen-bond acceptors (Lipinski definition) is 5. The van der Waals surface area contributed by atoms with Gasteiger partial charge in [0.15, 0.2) is 0 Å². The van der Waals surface area contributed by atoms with Gasteiger partial charge in [0, 0.05) is 18.8 Å². The van der Waals surface area contributed by atoms with Crippen LogP contribution in [0, 0.1) is 11.8 Å². The predicted octanol–water partition coefficient (Wildman–Crippen LogP) is 1.04. The van der Waals surface area contributed by atoms with Crippen LogP contribution in [-0.2, 0) is 14.6 Å². The molecule has 24 heavy (non-hydrogen) atoms. The van der Waals surface area contributed by atoms with E-state index < -0.39 is 15.9 Å². The number of hydrogen-bond donors (Lipinski definition) is 2. The maximum absolute atomic E-state index is 12.1. The lowest BCUT2D eigenvalue weighted by atomic mass is 9.94. The van der Waals surface area contributed by atoms with E-state index in [9.17, 15) is 13.2 Å². The number of nitrogens with one attached hydrogen (secondary N) is 1. The Hall–Kier alpha value is -0.370. The van der Waals surface area contributed by atoms with Crippen LogP contribution < -0.4 is 11.1 Å². The zero-order valence-corrected chi connectivity index (χ0v) is 17.0. The highest BCUT2D eigenvalue weighted by atomic mass is 35.5. The third-order valence-corrected chi connectivity index (χ3v) is 5.66. The fourth-order valence-corrected chi connectivity index (χ4v) is 3.64. The zero-order valence-electron chi connectivity index (χ0n) is 15.3. The Morgan fingerprint density at radius 3 is 2.29 bits per heavy atom. The predicted molar refractivity (Wildman–Crippen MR) is 101 cm³/mol. The van der Waals surface area contributed by atoms with Crippen molar-refractivity contribution in [1.29, 1.82) is 0 Å². The summed E-state index contributed by atoms with van der Waals surface area (Å²) in [5.74, 6) is 0.901. The summed E-state index contributed by atoms with van der Waals surface area (Å²) < 4.78 is 22.3. The van der Waals surface area contributed by atoms with Gasteiger partial charge in [-0.3, -0.25) is 9.69 Å². The molecule has 0 spiro atoms. The molecule has 0 aliphatic carbocycles. The SMILES string of the molecule is CC1CCN(C(CNC(=O)C(N)CCS(C)(=O)=O)C(C)C)CC1.Cl. The van der Waals surface area contributed by atoms with Crippen molar-refractivity contribution < 1.29 is 13.2 Å². The number of likely N-dealkylation sites (tertiary alicyclic amines) is 1. The number of carbonyl (C=O) groups is 1. The van der Waals surface area contributed by atoms with Crippen molar-refractivity contribution >= 4 is 28.2 Å². The molecule has 6 nitrogen and oxygen atoms in total. The molecule has 2 atom stereocenters. The van der Waals surface area contributed by atoms with E-state index in [1.54, 1.807) is 0 Å². The maximum Gasteiger partial charge on any atom is 0.237 e. The minimum Gasteiger partial charge on any atom is -0.353 e. The molecular formula is C16H34ClN3O3S. The van der Waals surface area contributed by atoms with E-state index in [1.165, 1.54) is 12.8 Å². The highest BCUT2D eigenvalue weighted by molar-refractivity contribution is 7.90. The molecule has 3 N–H and O–H groups in total. The topological polar surface area (TPSA) is 92.5 Å². The first-order valence-electron chi connectivity index (χ1n) is 8.55. The van der Waals surface area contributed by atoms with Gasteiger partial charge in [0.25, 0.3) is 0 Å². The second-order valence-corrected chi connectivity index (χ2v) is 9.56.